The van der Waals surface area contributed by atoms with Crippen molar-refractivity contribution in [3.63, 3.8) is 0 Å². The van der Waals surface area contributed by atoms with Crippen molar-refractivity contribution in [1.82, 2.24) is 9.80 Å². The zero-order valence-corrected chi connectivity index (χ0v) is 20.6. The largest absolute Gasteiger partial charge is 0.497 e. The monoisotopic (exact) mass is 482 g/mol. The number of likely N-dealkylation sites (N-methyl/N-ethyl adjacent to an activating group) is 1. The van der Waals surface area contributed by atoms with E-state index in [4.69, 9.17) is 15.5 Å². The van der Waals surface area contributed by atoms with Crippen LogP contribution < -0.4 is 10.5 Å². The first kappa shape index (κ1) is 23.6. The highest BCUT2D eigenvalue weighted by molar-refractivity contribution is 6.07. The number of likely N-dealkylation sites (tertiary alicyclic amines) is 1. The number of amides is 2. The molecular weight excluding hydrogens is 452 g/mol. The third-order valence-corrected chi connectivity index (χ3v) is 7.38. The number of nitrogens with two attached hydrogens (primary N) is 1. The summed E-state index contributed by atoms with van der Waals surface area (Å²) < 4.78 is 5.20. The van der Waals surface area contributed by atoms with Gasteiger partial charge in [0.05, 0.1) is 7.11 Å². The molecule has 2 N–H and O–H groups in total. The zero-order chi connectivity index (χ0) is 25.3. The molecule has 1 unspecified atom stereocenters. The molecule has 0 aromatic heterocycles. The average Bonchev–Trinajstić information content (AvgIpc) is 3.18. The van der Waals surface area contributed by atoms with Crippen LogP contribution in [0.25, 0.3) is 11.1 Å². The van der Waals surface area contributed by atoms with Gasteiger partial charge in [-0.25, -0.2) is 4.99 Å². The minimum atomic E-state index is -1.10. The predicted octanol–water partition coefficient (Wildman–Crippen LogP) is 3.90. The number of methoxy groups -OCH3 is 1. The van der Waals surface area contributed by atoms with E-state index in [1.54, 1.807) is 38.4 Å². The van der Waals surface area contributed by atoms with Crippen LogP contribution in [0.5, 0.6) is 5.75 Å². The molecule has 1 fully saturated rings. The number of carbonyl (C=O) groups is 2. The highest BCUT2D eigenvalue weighted by Gasteiger charge is 2.54. The van der Waals surface area contributed by atoms with Gasteiger partial charge in [-0.05, 0) is 59.9 Å². The molecule has 2 aliphatic heterocycles. The molecule has 2 amide bonds. The fourth-order valence-corrected chi connectivity index (χ4v) is 5.34. The second-order valence-electron chi connectivity index (χ2n) is 9.34. The van der Waals surface area contributed by atoms with E-state index in [9.17, 15) is 9.59 Å². The summed E-state index contributed by atoms with van der Waals surface area (Å²) in [6.45, 7) is 1.09. The average molecular weight is 483 g/mol. The number of rotatable bonds is 5. The Kier molecular flexibility index (Phi) is 6.22. The van der Waals surface area contributed by atoms with Crippen molar-refractivity contribution in [2.24, 2.45) is 16.6 Å². The fourth-order valence-electron chi connectivity index (χ4n) is 5.34. The summed E-state index contributed by atoms with van der Waals surface area (Å²) in [5.74, 6) is 0.713. The Morgan fingerprint density at radius 1 is 0.972 bits per heavy atom. The Labute approximate surface area is 211 Å². The van der Waals surface area contributed by atoms with E-state index in [-0.39, 0.29) is 23.7 Å². The van der Waals surface area contributed by atoms with Gasteiger partial charge in [0.25, 0.3) is 11.8 Å². The summed E-state index contributed by atoms with van der Waals surface area (Å²) in [6, 6.07) is 25.3. The van der Waals surface area contributed by atoms with Gasteiger partial charge in [-0.3, -0.25) is 14.5 Å². The van der Waals surface area contributed by atoms with Gasteiger partial charge in [0, 0.05) is 31.6 Å². The van der Waals surface area contributed by atoms with E-state index in [1.165, 1.54) is 4.90 Å². The number of aliphatic imine (C=N–C) groups is 1. The van der Waals surface area contributed by atoms with Gasteiger partial charge in [-0.2, -0.15) is 0 Å². The van der Waals surface area contributed by atoms with E-state index >= 15 is 0 Å². The highest BCUT2D eigenvalue weighted by Crippen LogP contribution is 2.45. The molecule has 2 aliphatic rings. The number of hydrogen-bond acceptors (Lipinski definition) is 5. The topological polar surface area (TPSA) is 88.2 Å². The molecular formula is C29H30N4O3. The van der Waals surface area contributed by atoms with Crippen LogP contribution in [-0.2, 0) is 10.3 Å². The number of nitrogens with zero attached hydrogens (tertiary/aromatic N) is 3. The molecule has 7 heteroatoms. The van der Waals surface area contributed by atoms with E-state index in [0.29, 0.717) is 37.2 Å². The van der Waals surface area contributed by atoms with Crippen LogP contribution in [0.2, 0.25) is 0 Å². The SMILES string of the molecule is COc1ccc(C(=O)N2CCC(C3(c4cccc(-c5ccccc5)c4)N=C(N)N(C)C3=O)CC2)cc1. The van der Waals surface area contributed by atoms with Gasteiger partial charge in [0.1, 0.15) is 5.75 Å². The van der Waals surface area contributed by atoms with E-state index in [1.807, 2.05) is 41.3 Å². The second-order valence-corrected chi connectivity index (χ2v) is 9.34. The first-order valence-electron chi connectivity index (χ1n) is 12.2. The van der Waals surface area contributed by atoms with Crippen molar-refractivity contribution < 1.29 is 14.3 Å². The molecule has 1 atom stereocenters. The summed E-state index contributed by atoms with van der Waals surface area (Å²) in [6.07, 6.45) is 1.29. The Balaban J connectivity index is 1.43. The molecule has 0 saturated carbocycles. The smallest absolute Gasteiger partial charge is 0.261 e. The molecule has 3 aromatic rings. The number of carbonyl (C=O) groups excluding carboxylic acids is 2. The Morgan fingerprint density at radius 2 is 1.64 bits per heavy atom. The van der Waals surface area contributed by atoms with Gasteiger partial charge in [0.2, 0.25) is 0 Å². The van der Waals surface area contributed by atoms with E-state index in [0.717, 1.165) is 16.7 Å². The Morgan fingerprint density at radius 3 is 2.25 bits per heavy atom. The highest BCUT2D eigenvalue weighted by atomic mass is 16.5. The van der Waals surface area contributed by atoms with Crippen LogP contribution in [-0.4, -0.2) is 54.8 Å². The molecule has 0 bridgehead atoms. The molecule has 2 heterocycles. The maximum absolute atomic E-state index is 13.7. The molecule has 7 nitrogen and oxygen atoms in total. The van der Waals surface area contributed by atoms with Crippen molar-refractivity contribution in [2.45, 2.75) is 18.4 Å². The molecule has 0 radical (unpaired) electrons. The zero-order valence-electron chi connectivity index (χ0n) is 20.6. The number of guanidine groups is 1. The maximum atomic E-state index is 13.7. The standard InChI is InChI=1S/C29H30N4O3/c1-32-27(35)29(31-28(32)30,24-10-6-9-22(19-24)20-7-4-3-5-8-20)23-15-17-33(18-16-23)26(34)21-11-13-25(36-2)14-12-21/h3-14,19,23H,15-18H2,1-2H3,(H2,30,31). The van der Waals surface area contributed by atoms with Crippen LogP contribution >= 0.6 is 0 Å². The van der Waals surface area contributed by atoms with Gasteiger partial charge >= 0.3 is 0 Å². The Bertz CT molecular complexity index is 1300. The lowest BCUT2D eigenvalue weighted by molar-refractivity contribution is -0.133. The normalized spacial score (nSPS) is 20.4. The van der Waals surface area contributed by atoms with Crippen LogP contribution in [0.1, 0.15) is 28.8 Å². The number of hydrogen-bond donors (Lipinski definition) is 1. The van der Waals surface area contributed by atoms with E-state index < -0.39 is 5.54 Å². The lowest BCUT2D eigenvalue weighted by Gasteiger charge is -2.40. The maximum Gasteiger partial charge on any atom is 0.261 e. The van der Waals surface area contributed by atoms with Crippen molar-refractivity contribution in [3.8, 4) is 16.9 Å². The van der Waals surface area contributed by atoms with Crippen molar-refractivity contribution in [3.05, 3.63) is 90.0 Å². The summed E-state index contributed by atoms with van der Waals surface area (Å²) >= 11 is 0. The number of piperidine rings is 1. The summed E-state index contributed by atoms with van der Waals surface area (Å²) in [4.78, 5) is 34.9. The van der Waals surface area contributed by atoms with Gasteiger partial charge in [-0.15, -0.1) is 0 Å². The van der Waals surface area contributed by atoms with Crippen molar-refractivity contribution in [1.29, 1.82) is 0 Å². The van der Waals surface area contributed by atoms with Crippen LogP contribution in [0, 0.1) is 5.92 Å². The van der Waals surface area contributed by atoms with Crippen molar-refractivity contribution >= 4 is 17.8 Å². The van der Waals surface area contributed by atoms with E-state index in [2.05, 4.69) is 18.2 Å². The third kappa shape index (κ3) is 4.00. The lowest BCUT2D eigenvalue weighted by Crippen LogP contribution is -2.49. The third-order valence-electron chi connectivity index (χ3n) is 7.38. The molecule has 0 spiro atoms. The van der Waals surface area contributed by atoms with Gasteiger partial charge in [-0.1, -0.05) is 48.5 Å². The molecule has 36 heavy (non-hydrogen) atoms. The minimum absolute atomic E-state index is 0.0193. The fraction of sp³-hybridized carbons (Fsp3) is 0.276. The summed E-state index contributed by atoms with van der Waals surface area (Å²) in [5, 5.41) is 0. The van der Waals surface area contributed by atoms with Crippen LogP contribution in [0.4, 0.5) is 0 Å². The summed E-state index contributed by atoms with van der Waals surface area (Å²) in [7, 11) is 3.27. The quantitative estimate of drug-likeness (QED) is 0.598. The summed E-state index contributed by atoms with van der Waals surface area (Å²) in [5.41, 5.74) is 8.65. The van der Waals surface area contributed by atoms with Crippen LogP contribution in [0.3, 0.4) is 0 Å². The first-order chi connectivity index (χ1) is 17.4. The number of benzene rings is 3. The van der Waals surface area contributed by atoms with Crippen molar-refractivity contribution in [2.75, 3.05) is 27.2 Å². The minimum Gasteiger partial charge on any atom is -0.497 e. The van der Waals surface area contributed by atoms with Gasteiger partial charge in [0.15, 0.2) is 11.5 Å². The molecule has 5 rings (SSSR count). The number of ether oxygens (including phenoxy) is 1. The molecule has 1 saturated heterocycles. The predicted molar refractivity (Wildman–Crippen MR) is 140 cm³/mol. The lowest BCUT2D eigenvalue weighted by atomic mass is 9.72. The van der Waals surface area contributed by atoms with Gasteiger partial charge < -0.3 is 15.4 Å². The second kappa shape index (κ2) is 9.49. The van der Waals surface area contributed by atoms with Crippen LogP contribution in [0.15, 0.2) is 83.9 Å². The first-order valence-corrected chi connectivity index (χ1v) is 12.2. The molecule has 184 valence electrons. The molecule has 0 aliphatic carbocycles. The molecule has 3 aromatic carbocycles. The Hall–Kier alpha value is -4.13.